The second-order valence-corrected chi connectivity index (χ2v) is 5.04. The van der Waals surface area contributed by atoms with E-state index >= 15 is 0 Å². The first-order valence-electron chi connectivity index (χ1n) is 6.93. The van der Waals surface area contributed by atoms with Gasteiger partial charge in [0.2, 0.25) is 0 Å². The number of nitrogens with zero attached hydrogens (tertiary/aromatic N) is 1. The van der Waals surface area contributed by atoms with Crippen LogP contribution in [0.5, 0.6) is 5.75 Å². The van der Waals surface area contributed by atoms with Gasteiger partial charge in [-0.3, -0.25) is 4.98 Å². The summed E-state index contributed by atoms with van der Waals surface area (Å²) in [5, 5.41) is 3.34. The van der Waals surface area contributed by atoms with Crippen LogP contribution in [0.25, 0.3) is 0 Å². The molecule has 1 aromatic heterocycles. The Morgan fingerprint density at radius 2 is 1.95 bits per heavy atom. The molecule has 0 radical (unpaired) electrons. The molecule has 0 fully saturated rings. The van der Waals surface area contributed by atoms with Gasteiger partial charge in [0.1, 0.15) is 6.61 Å². The van der Waals surface area contributed by atoms with E-state index in [4.69, 9.17) is 16.3 Å². The zero-order chi connectivity index (χ0) is 15.1. The highest BCUT2D eigenvalue weighted by Gasteiger charge is 2.08. The molecule has 21 heavy (non-hydrogen) atoms. The number of halogens is 2. The van der Waals surface area contributed by atoms with Crippen LogP contribution in [-0.4, -0.2) is 11.5 Å². The van der Waals surface area contributed by atoms with Crippen molar-refractivity contribution < 1.29 is 9.13 Å². The van der Waals surface area contributed by atoms with Crippen LogP contribution in [0.15, 0.2) is 36.4 Å². The highest BCUT2D eigenvalue weighted by molar-refractivity contribution is 6.30. The number of hydrogen-bond acceptors (Lipinski definition) is 3. The van der Waals surface area contributed by atoms with E-state index in [-0.39, 0.29) is 17.4 Å². The van der Waals surface area contributed by atoms with Crippen molar-refractivity contribution in [3.05, 3.63) is 58.6 Å². The number of rotatable bonds is 7. The first-order valence-corrected chi connectivity index (χ1v) is 7.31. The minimum Gasteiger partial charge on any atom is -0.484 e. The van der Waals surface area contributed by atoms with Crippen molar-refractivity contribution in [3.63, 3.8) is 0 Å². The molecular weight excluding hydrogens is 291 g/mol. The third-order valence-electron chi connectivity index (χ3n) is 2.89. The first kappa shape index (κ1) is 15.7. The number of aromatic nitrogens is 1. The standard InChI is InChI=1S/C16H18ClFN2O/c1-2-9-19-10-12-5-3-6-13(20-12)11-21-15-8-4-7-14(17)16(15)18/h3-8,19H,2,9-11H2,1H3. The molecule has 0 aliphatic carbocycles. The van der Waals surface area contributed by atoms with Gasteiger partial charge in [-0.25, -0.2) is 4.39 Å². The summed E-state index contributed by atoms with van der Waals surface area (Å²) in [5.41, 5.74) is 1.70. The highest BCUT2D eigenvalue weighted by Crippen LogP contribution is 2.24. The van der Waals surface area contributed by atoms with E-state index in [1.54, 1.807) is 12.1 Å². The van der Waals surface area contributed by atoms with Gasteiger partial charge in [0.15, 0.2) is 11.6 Å². The molecule has 5 heteroatoms. The summed E-state index contributed by atoms with van der Waals surface area (Å²) in [6.07, 6.45) is 1.08. The molecule has 3 nitrogen and oxygen atoms in total. The quantitative estimate of drug-likeness (QED) is 0.786. The average Bonchev–Trinajstić information content (AvgIpc) is 2.50. The van der Waals surface area contributed by atoms with E-state index in [9.17, 15) is 4.39 Å². The molecule has 1 heterocycles. The summed E-state index contributed by atoms with van der Waals surface area (Å²) in [6, 6.07) is 10.4. The highest BCUT2D eigenvalue weighted by atomic mass is 35.5. The fourth-order valence-electron chi connectivity index (χ4n) is 1.85. The molecule has 0 aliphatic rings. The Morgan fingerprint density at radius 3 is 2.76 bits per heavy atom. The maximum Gasteiger partial charge on any atom is 0.183 e. The third-order valence-corrected chi connectivity index (χ3v) is 3.18. The summed E-state index contributed by atoms with van der Waals surface area (Å²) in [4.78, 5) is 4.47. The molecule has 0 atom stereocenters. The topological polar surface area (TPSA) is 34.1 Å². The number of nitrogens with one attached hydrogen (secondary N) is 1. The molecule has 1 aromatic carbocycles. The van der Waals surface area contributed by atoms with Crippen molar-refractivity contribution in [1.82, 2.24) is 10.3 Å². The average molecular weight is 309 g/mol. The van der Waals surface area contributed by atoms with Crippen molar-refractivity contribution in [2.75, 3.05) is 6.54 Å². The van der Waals surface area contributed by atoms with Crippen molar-refractivity contribution in [2.45, 2.75) is 26.5 Å². The van der Waals surface area contributed by atoms with Gasteiger partial charge in [-0.1, -0.05) is 30.7 Å². The predicted molar refractivity (Wildman–Crippen MR) is 82.0 cm³/mol. The lowest BCUT2D eigenvalue weighted by Gasteiger charge is -2.09. The monoisotopic (exact) mass is 308 g/mol. The van der Waals surface area contributed by atoms with Crippen LogP contribution in [0.2, 0.25) is 5.02 Å². The molecule has 2 aromatic rings. The van der Waals surface area contributed by atoms with E-state index in [1.807, 2.05) is 18.2 Å². The third kappa shape index (κ3) is 4.69. The van der Waals surface area contributed by atoms with Crippen LogP contribution in [0.4, 0.5) is 4.39 Å². The number of pyridine rings is 1. The number of benzene rings is 1. The zero-order valence-electron chi connectivity index (χ0n) is 11.9. The lowest BCUT2D eigenvalue weighted by Crippen LogP contribution is -2.15. The maximum absolute atomic E-state index is 13.7. The van der Waals surface area contributed by atoms with E-state index in [0.29, 0.717) is 6.54 Å². The minimum atomic E-state index is -0.542. The van der Waals surface area contributed by atoms with Crippen molar-refractivity contribution in [2.24, 2.45) is 0 Å². The summed E-state index contributed by atoms with van der Waals surface area (Å²) in [7, 11) is 0. The number of hydrogen-bond donors (Lipinski definition) is 1. The van der Waals surface area contributed by atoms with Gasteiger partial charge < -0.3 is 10.1 Å². The molecular formula is C16H18ClFN2O. The van der Waals surface area contributed by atoms with Crippen LogP contribution >= 0.6 is 11.6 Å². The van der Waals surface area contributed by atoms with E-state index in [2.05, 4.69) is 17.2 Å². The van der Waals surface area contributed by atoms with E-state index in [0.717, 1.165) is 24.4 Å². The minimum absolute atomic E-state index is 0.0537. The smallest absolute Gasteiger partial charge is 0.183 e. The van der Waals surface area contributed by atoms with E-state index in [1.165, 1.54) is 6.07 Å². The SMILES string of the molecule is CCCNCc1cccc(COc2cccc(Cl)c2F)n1. The Bertz CT molecular complexity index is 592. The molecule has 1 N–H and O–H groups in total. The van der Waals surface area contributed by atoms with Crippen LogP contribution < -0.4 is 10.1 Å². The van der Waals surface area contributed by atoms with Gasteiger partial charge >= 0.3 is 0 Å². The molecule has 0 saturated heterocycles. The summed E-state index contributed by atoms with van der Waals surface area (Å²) < 4.78 is 19.1. The van der Waals surface area contributed by atoms with Gasteiger partial charge in [0.25, 0.3) is 0 Å². The Balaban J connectivity index is 1.96. The van der Waals surface area contributed by atoms with Crippen LogP contribution in [0.3, 0.4) is 0 Å². The second kappa shape index (κ2) is 7.96. The summed E-state index contributed by atoms with van der Waals surface area (Å²) in [5.74, 6) is -0.404. The Labute approximate surface area is 129 Å². The lowest BCUT2D eigenvalue weighted by atomic mass is 10.3. The zero-order valence-corrected chi connectivity index (χ0v) is 12.7. The Hall–Kier alpha value is -1.65. The largest absolute Gasteiger partial charge is 0.484 e. The number of ether oxygens (including phenoxy) is 1. The first-order chi connectivity index (χ1) is 10.2. The van der Waals surface area contributed by atoms with Gasteiger partial charge in [-0.15, -0.1) is 0 Å². The normalized spacial score (nSPS) is 10.6. The predicted octanol–water partition coefficient (Wildman–Crippen LogP) is 3.95. The molecule has 112 valence electrons. The van der Waals surface area contributed by atoms with Gasteiger partial charge in [0, 0.05) is 6.54 Å². The fourth-order valence-corrected chi connectivity index (χ4v) is 2.01. The van der Waals surface area contributed by atoms with E-state index < -0.39 is 5.82 Å². The van der Waals surface area contributed by atoms with Crippen LogP contribution in [0.1, 0.15) is 24.7 Å². The molecule has 0 unspecified atom stereocenters. The summed E-state index contributed by atoms with van der Waals surface area (Å²) >= 11 is 5.71. The van der Waals surface area contributed by atoms with Crippen LogP contribution in [0, 0.1) is 5.82 Å². The second-order valence-electron chi connectivity index (χ2n) is 4.64. The molecule has 2 rings (SSSR count). The molecule has 0 amide bonds. The molecule has 0 saturated carbocycles. The summed E-state index contributed by atoms with van der Waals surface area (Å²) in [6.45, 7) is 3.99. The van der Waals surface area contributed by atoms with Crippen molar-refractivity contribution >= 4 is 11.6 Å². The fraction of sp³-hybridized carbons (Fsp3) is 0.312. The molecule has 0 aliphatic heterocycles. The van der Waals surface area contributed by atoms with Gasteiger partial charge in [-0.05, 0) is 37.2 Å². The van der Waals surface area contributed by atoms with Crippen LogP contribution in [-0.2, 0) is 13.2 Å². The van der Waals surface area contributed by atoms with Gasteiger partial charge in [-0.2, -0.15) is 0 Å². The Kier molecular flexibility index (Phi) is 5.96. The van der Waals surface area contributed by atoms with Crippen molar-refractivity contribution in [3.8, 4) is 5.75 Å². The Morgan fingerprint density at radius 1 is 1.19 bits per heavy atom. The molecule has 0 spiro atoms. The lowest BCUT2D eigenvalue weighted by molar-refractivity contribution is 0.285. The molecule has 0 bridgehead atoms. The van der Waals surface area contributed by atoms with Crippen molar-refractivity contribution in [1.29, 1.82) is 0 Å². The van der Waals surface area contributed by atoms with Gasteiger partial charge in [0.05, 0.1) is 16.4 Å². The maximum atomic E-state index is 13.7.